The summed E-state index contributed by atoms with van der Waals surface area (Å²) in [5, 5.41) is 22.9. The van der Waals surface area contributed by atoms with Crippen molar-refractivity contribution in [1.82, 2.24) is 14.6 Å². The van der Waals surface area contributed by atoms with Crippen LogP contribution in [0.1, 0.15) is 22.3 Å². The number of aromatic nitrogens is 1. The maximum absolute atomic E-state index is 13.8. The van der Waals surface area contributed by atoms with Crippen LogP contribution in [-0.4, -0.2) is 70.8 Å². The number of nitrogens with two attached hydrogens (primary N) is 1. The number of aliphatic hydroxyl groups excluding tert-OH is 2. The lowest BCUT2D eigenvalue weighted by Crippen LogP contribution is -2.35. The maximum atomic E-state index is 13.8. The number of hydrogen-bond donors (Lipinski definition) is 5. The van der Waals surface area contributed by atoms with E-state index in [0.29, 0.717) is 49.7 Å². The molecule has 1 aromatic heterocycles. The Morgan fingerprint density at radius 2 is 1.76 bits per heavy atom. The Morgan fingerprint density at radius 1 is 1.12 bits per heavy atom. The average Bonchev–Trinajstić information content (AvgIpc) is 3.13. The number of ether oxygens (including phenoxy) is 1. The van der Waals surface area contributed by atoms with Crippen LogP contribution in [0.15, 0.2) is 12.1 Å². The highest BCUT2D eigenvalue weighted by atomic mass is 32.1. The van der Waals surface area contributed by atoms with Gasteiger partial charge < -0.3 is 26.0 Å². The van der Waals surface area contributed by atoms with Crippen molar-refractivity contribution in [3.05, 3.63) is 40.7 Å². The predicted molar refractivity (Wildman–Crippen MR) is 114 cm³/mol. The second kappa shape index (κ2) is 12.9. The molecule has 0 unspecified atom stereocenters. The minimum Gasteiger partial charge on any atom is -0.471 e. The molecule has 1 aromatic carbocycles. The average molecular weight is 491 g/mol. The molecular weight excluding hydrogens is 467 g/mol. The summed E-state index contributed by atoms with van der Waals surface area (Å²) in [5.41, 5.74) is 4.48. The minimum absolute atomic E-state index is 0.0303. The van der Waals surface area contributed by atoms with Crippen molar-refractivity contribution in [2.24, 2.45) is 5.73 Å². The van der Waals surface area contributed by atoms with Gasteiger partial charge in [0.2, 0.25) is 5.88 Å². The van der Waals surface area contributed by atoms with E-state index in [1.165, 1.54) is 0 Å². The van der Waals surface area contributed by atoms with Gasteiger partial charge >= 0.3 is 6.03 Å². The summed E-state index contributed by atoms with van der Waals surface area (Å²) < 4.78 is 49.6. The molecule has 3 amide bonds. The SMILES string of the molecule is NC(=O)c1c(OCc2c(F)cc(F)cc2F)nsc1NC(=O)NCCCN(CCO)CCO. The Hall–Kier alpha value is -2.94. The smallest absolute Gasteiger partial charge is 0.319 e. The monoisotopic (exact) mass is 491 g/mol. The number of rotatable bonds is 13. The molecule has 1 heterocycles. The van der Waals surface area contributed by atoms with E-state index in [0.717, 1.165) is 0 Å². The molecule has 10 nitrogen and oxygen atoms in total. The first kappa shape index (κ1) is 26.3. The van der Waals surface area contributed by atoms with Crippen molar-refractivity contribution in [2.75, 3.05) is 44.7 Å². The van der Waals surface area contributed by atoms with Crippen LogP contribution in [0, 0.1) is 17.5 Å². The van der Waals surface area contributed by atoms with E-state index >= 15 is 0 Å². The second-order valence-corrected chi connectivity index (χ2v) is 7.49. The molecule has 33 heavy (non-hydrogen) atoms. The van der Waals surface area contributed by atoms with Crippen LogP contribution in [-0.2, 0) is 6.61 Å². The van der Waals surface area contributed by atoms with Crippen LogP contribution in [0.3, 0.4) is 0 Å². The molecule has 0 bridgehead atoms. The fraction of sp³-hybridized carbons (Fsp3) is 0.421. The number of carbonyl (C=O) groups is 2. The van der Waals surface area contributed by atoms with Gasteiger partial charge in [0.15, 0.2) is 0 Å². The summed E-state index contributed by atoms with van der Waals surface area (Å²) in [5.74, 6) is -4.75. The number of carbonyl (C=O) groups excluding carboxylic acids is 2. The number of primary amides is 1. The number of hydrogen-bond acceptors (Lipinski definition) is 8. The third-order valence-corrected chi connectivity index (χ3v) is 5.11. The van der Waals surface area contributed by atoms with Crippen LogP contribution in [0.25, 0.3) is 0 Å². The predicted octanol–water partition coefficient (Wildman–Crippen LogP) is 1.04. The highest BCUT2D eigenvalue weighted by Gasteiger charge is 2.23. The molecule has 0 fully saturated rings. The normalized spacial score (nSPS) is 11.0. The van der Waals surface area contributed by atoms with Gasteiger partial charge in [-0.1, -0.05) is 0 Å². The summed E-state index contributed by atoms with van der Waals surface area (Å²) in [6.45, 7) is 0.777. The number of amides is 3. The fourth-order valence-corrected chi connectivity index (χ4v) is 3.53. The number of nitrogens with one attached hydrogen (secondary N) is 2. The van der Waals surface area contributed by atoms with E-state index in [2.05, 4.69) is 15.0 Å². The van der Waals surface area contributed by atoms with Crippen LogP contribution < -0.4 is 21.1 Å². The third-order valence-electron chi connectivity index (χ3n) is 4.36. The van der Waals surface area contributed by atoms with Crippen molar-refractivity contribution < 1.29 is 37.7 Å². The van der Waals surface area contributed by atoms with E-state index in [1.54, 1.807) is 0 Å². The molecule has 0 saturated carbocycles. The Balaban J connectivity index is 1.94. The summed E-state index contributed by atoms with van der Waals surface area (Å²) >= 11 is 0.677. The van der Waals surface area contributed by atoms with Crippen LogP contribution in [0.4, 0.5) is 23.0 Å². The van der Waals surface area contributed by atoms with Gasteiger partial charge in [-0.3, -0.25) is 15.0 Å². The molecular formula is C19H24F3N5O5S. The lowest BCUT2D eigenvalue weighted by Gasteiger charge is -2.19. The molecule has 0 aliphatic heterocycles. The lowest BCUT2D eigenvalue weighted by molar-refractivity contribution is 0.0996. The van der Waals surface area contributed by atoms with Gasteiger partial charge in [0.25, 0.3) is 5.91 Å². The molecule has 0 radical (unpaired) electrons. The zero-order valence-electron chi connectivity index (χ0n) is 17.4. The Labute approximate surface area is 191 Å². The lowest BCUT2D eigenvalue weighted by atomic mass is 10.2. The van der Waals surface area contributed by atoms with Crippen molar-refractivity contribution in [2.45, 2.75) is 13.0 Å². The van der Waals surface area contributed by atoms with E-state index in [9.17, 15) is 22.8 Å². The highest BCUT2D eigenvalue weighted by Crippen LogP contribution is 2.31. The maximum Gasteiger partial charge on any atom is 0.319 e. The molecule has 14 heteroatoms. The molecule has 0 aliphatic rings. The van der Waals surface area contributed by atoms with E-state index < -0.39 is 41.6 Å². The van der Waals surface area contributed by atoms with Crippen molar-refractivity contribution in [3.8, 4) is 5.88 Å². The minimum atomic E-state index is -1.17. The summed E-state index contributed by atoms with van der Waals surface area (Å²) in [7, 11) is 0. The van der Waals surface area contributed by atoms with Gasteiger partial charge in [-0.05, 0) is 24.5 Å². The number of benzene rings is 1. The molecule has 0 spiro atoms. The molecule has 0 atom stereocenters. The Morgan fingerprint density at radius 3 is 2.33 bits per heavy atom. The number of aliphatic hydroxyl groups is 2. The molecule has 0 aliphatic carbocycles. The Bertz CT molecular complexity index is 933. The molecule has 6 N–H and O–H groups in total. The standard InChI is InChI=1S/C19H24F3N5O5S/c20-11-8-13(21)12(14(22)9-11)10-32-17-15(16(23)30)18(33-26-17)25-19(31)24-2-1-3-27(4-6-28)5-7-29/h8-9,28-29H,1-7,10H2,(H2,23,30)(H2,24,25,31). The Kier molecular flexibility index (Phi) is 10.3. The van der Waals surface area contributed by atoms with Gasteiger partial charge in [0.1, 0.15) is 34.6 Å². The van der Waals surface area contributed by atoms with Gasteiger partial charge in [0.05, 0.1) is 18.8 Å². The van der Waals surface area contributed by atoms with Crippen LogP contribution in [0.2, 0.25) is 0 Å². The van der Waals surface area contributed by atoms with Crippen molar-refractivity contribution in [1.29, 1.82) is 0 Å². The van der Waals surface area contributed by atoms with E-state index in [-0.39, 0.29) is 36.2 Å². The van der Waals surface area contributed by atoms with Gasteiger partial charge in [-0.2, -0.15) is 4.37 Å². The molecule has 2 aromatic rings. The highest BCUT2D eigenvalue weighted by molar-refractivity contribution is 7.11. The van der Waals surface area contributed by atoms with Crippen molar-refractivity contribution in [3.63, 3.8) is 0 Å². The zero-order chi connectivity index (χ0) is 24.4. The molecule has 2 rings (SSSR count). The largest absolute Gasteiger partial charge is 0.471 e. The fourth-order valence-electron chi connectivity index (χ4n) is 2.80. The first-order chi connectivity index (χ1) is 15.8. The number of urea groups is 1. The van der Waals surface area contributed by atoms with E-state index in [1.807, 2.05) is 4.90 Å². The zero-order valence-corrected chi connectivity index (χ0v) is 18.3. The summed E-state index contributed by atoms with van der Waals surface area (Å²) in [6.07, 6.45) is 0.530. The van der Waals surface area contributed by atoms with E-state index in [4.69, 9.17) is 20.7 Å². The quantitative estimate of drug-likeness (QED) is 0.263. The third kappa shape index (κ3) is 7.85. The van der Waals surface area contributed by atoms with Gasteiger partial charge in [-0.25, -0.2) is 18.0 Å². The second-order valence-electron chi connectivity index (χ2n) is 6.72. The van der Waals surface area contributed by atoms with Crippen LogP contribution >= 0.6 is 11.5 Å². The van der Waals surface area contributed by atoms with Crippen LogP contribution in [0.5, 0.6) is 5.88 Å². The summed E-state index contributed by atoms with van der Waals surface area (Å²) in [4.78, 5) is 25.8. The number of halogens is 3. The summed E-state index contributed by atoms with van der Waals surface area (Å²) in [6, 6.07) is 0.323. The molecule has 0 saturated heterocycles. The number of anilines is 1. The topological polar surface area (TPSA) is 150 Å². The number of nitrogens with zero attached hydrogens (tertiary/aromatic N) is 2. The first-order valence-corrected chi connectivity index (χ1v) is 10.6. The van der Waals surface area contributed by atoms with Gasteiger partial charge in [0, 0.05) is 31.8 Å². The van der Waals surface area contributed by atoms with Crippen molar-refractivity contribution >= 4 is 28.5 Å². The van der Waals surface area contributed by atoms with Gasteiger partial charge in [-0.15, -0.1) is 0 Å². The first-order valence-electron chi connectivity index (χ1n) is 9.81. The molecule has 182 valence electrons.